The Morgan fingerprint density at radius 2 is 2.27 bits per heavy atom. The van der Waals surface area contributed by atoms with Crippen molar-refractivity contribution in [3.63, 3.8) is 0 Å². The van der Waals surface area contributed by atoms with E-state index in [0.717, 1.165) is 18.9 Å². The van der Waals surface area contributed by atoms with Crippen molar-refractivity contribution in [2.75, 3.05) is 6.61 Å². The zero-order valence-electron chi connectivity index (χ0n) is 9.61. The van der Waals surface area contributed by atoms with Crippen LogP contribution in [0.5, 0.6) is 0 Å². The largest absolute Gasteiger partial charge is 0.372 e. The molecule has 84 valence electrons. The molecule has 3 rings (SSSR count). The maximum Gasteiger partial charge on any atom is 0.117 e. The van der Waals surface area contributed by atoms with Crippen LogP contribution in [0.4, 0.5) is 0 Å². The third kappa shape index (κ3) is 1.38. The summed E-state index contributed by atoms with van der Waals surface area (Å²) in [5.41, 5.74) is 0.0307. The van der Waals surface area contributed by atoms with Crippen molar-refractivity contribution < 1.29 is 9.47 Å². The van der Waals surface area contributed by atoms with Crippen LogP contribution in [0.2, 0.25) is 0 Å². The lowest BCUT2D eigenvalue weighted by Crippen LogP contribution is -2.59. The van der Waals surface area contributed by atoms with E-state index in [2.05, 4.69) is 26.0 Å². The van der Waals surface area contributed by atoms with Gasteiger partial charge in [0.2, 0.25) is 0 Å². The molecule has 0 aromatic rings. The first-order chi connectivity index (χ1) is 7.23. The first-order valence-electron chi connectivity index (χ1n) is 6.21. The molecule has 0 aromatic carbocycles. The molecule has 5 atom stereocenters. The maximum absolute atomic E-state index is 6.35. The fraction of sp³-hybridized carbons (Fsp3) is 0.846. The lowest BCUT2D eigenvalue weighted by molar-refractivity contribution is -0.275. The van der Waals surface area contributed by atoms with Crippen LogP contribution in [0.15, 0.2) is 12.2 Å². The highest BCUT2D eigenvalue weighted by Gasteiger charge is 2.49. The molecule has 15 heavy (non-hydrogen) atoms. The summed E-state index contributed by atoms with van der Waals surface area (Å²) < 4.78 is 11.8. The van der Waals surface area contributed by atoms with Gasteiger partial charge in [0.05, 0.1) is 18.8 Å². The second-order valence-corrected chi connectivity index (χ2v) is 5.31. The molecule has 3 aliphatic rings. The molecule has 2 aliphatic carbocycles. The summed E-state index contributed by atoms with van der Waals surface area (Å²) in [5.74, 6) is 1.48. The van der Waals surface area contributed by atoms with Crippen molar-refractivity contribution in [3.8, 4) is 0 Å². The van der Waals surface area contributed by atoms with E-state index in [-0.39, 0.29) is 11.7 Å². The Hall–Kier alpha value is -0.340. The van der Waals surface area contributed by atoms with Crippen LogP contribution in [-0.2, 0) is 9.47 Å². The Balaban J connectivity index is 1.67. The zero-order valence-corrected chi connectivity index (χ0v) is 9.61. The van der Waals surface area contributed by atoms with Crippen LogP contribution in [0.25, 0.3) is 0 Å². The van der Waals surface area contributed by atoms with Crippen molar-refractivity contribution in [3.05, 3.63) is 12.2 Å². The fourth-order valence-electron chi connectivity index (χ4n) is 3.21. The molecule has 0 amide bonds. The van der Waals surface area contributed by atoms with Gasteiger partial charge >= 0.3 is 0 Å². The van der Waals surface area contributed by atoms with Crippen molar-refractivity contribution in [2.24, 2.45) is 11.8 Å². The molecule has 2 heteroatoms. The first-order valence-corrected chi connectivity index (χ1v) is 6.21. The topological polar surface area (TPSA) is 18.5 Å². The standard InChI is InChI=1S/C13H20O2/c1-3-13(8-14-9(13)2)15-12-7-10-4-5-11(12)6-10/h4-5,9-12H,3,6-8H2,1-2H3. The molecule has 1 heterocycles. The predicted octanol–water partition coefficient (Wildman–Crippen LogP) is 2.54. The van der Waals surface area contributed by atoms with Gasteiger partial charge in [0.15, 0.2) is 0 Å². The molecule has 5 unspecified atom stereocenters. The third-order valence-corrected chi connectivity index (χ3v) is 4.52. The van der Waals surface area contributed by atoms with E-state index in [1.165, 1.54) is 12.8 Å². The van der Waals surface area contributed by atoms with Gasteiger partial charge < -0.3 is 9.47 Å². The molecular weight excluding hydrogens is 188 g/mol. The average molecular weight is 208 g/mol. The summed E-state index contributed by atoms with van der Waals surface area (Å²) in [4.78, 5) is 0. The minimum absolute atomic E-state index is 0.0307. The number of rotatable bonds is 3. The molecule has 1 saturated heterocycles. The minimum atomic E-state index is 0.0307. The quantitative estimate of drug-likeness (QED) is 0.664. The Labute approximate surface area is 91.6 Å². The second kappa shape index (κ2) is 3.33. The fourth-order valence-corrected chi connectivity index (χ4v) is 3.21. The van der Waals surface area contributed by atoms with Crippen LogP contribution in [0.1, 0.15) is 33.1 Å². The lowest BCUT2D eigenvalue weighted by atomic mass is 9.89. The molecule has 1 saturated carbocycles. The Morgan fingerprint density at radius 1 is 1.40 bits per heavy atom. The van der Waals surface area contributed by atoms with Gasteiger partial charge in [-0.1, -0.05) is 19.1 Å². The summed E-state index contributed by atoms with van der Waals surface area (Å²) in [6.07, 6.45) is 9.09. The van der Waals surface area contributed by atoms with Crippen LogP contribution in [-0.4, -0.2) is 24.4 Å². The highest BCUT2D eigenvalue weighted by molar-refractivity contribution is 5.12. The van der Waals surface area contributed by atoms with Crippen LogP contribution in [0.3, 0.4) is 0 Å². The van der Waals surface area contributed by atoms with Gasteiger partial charge in [-0.05, 0) is 32.1 Å². The Bertz CT molecular complexity index is 282. The van der Waals surface area contributed by atoms with E-state index in [1.807, 2.05) is 0 Å². The van der Waals surface area contributed by atoms with E-state index in [4.69, 9.17) is 9.47 Å². The molecule has 2 nitrogen and oxygen atoms in total. The van der Waals surface area contributed by atoms with Gasteiger partial charge in [-0.2, -0.15) is 0 Å². The van der Waals surface area contributed by atoms with Crippen molar-refractivity contribution in [1.29, 1.82) is 0 Å². The second-order valence-electron chi connectivity index (χ2n) is 5.31. The smallest absolute Gasteiger partial charge is 0.117 e. The highest BCUT2D eigenvalue weighted by atomic mass is 16.6. The Kier molecular flexibility index (Phi) is 2.18. The molecule has 0 N–H and O–H groups in total. The molecular formula is C13H20O2. The average Bonchev–Trinajstić information content (AvgIpc) is 2.85. The number of hydrogen-bond donors (Lipinski definition) is 0. The van der Waals surface area contributed by atoms with Gasteiger partial charge in [-0.25, -0.2) is 0 Å². The van der Waals surface area contributed by atoms with E-state index in [0.29, 0.717) is 12.0 Å². The number of allylic oxidation sites excluding steroid dienone is 1. The maximum atomic E-state index is 6.35. The summed E-state index contributed by atoms with van der Waals surface area (Å²) in [7, 11) is 0. The number of hydrogen-bond acceptors (Lipinski definition) is 2. The summed E-state index contributed by atoms with van der Waals surface area (Å²) in [5, 5.41) is 0. The van der Waals surface area contributed by atoms with Gasteiger partial charge in [-0.3, -0.25) is 0 Å². The lowest BCUT2D eigenvalue weighted by Gasteiger charge is -2.49. The van der Waals surface area contributed by atoms with Crippen molar-refractivity contribution >= 4 is 0 Å². The minimum Gasteiger partial charge on any atom is -0.372 e. The van der Waals surface area contributed by atoms with Crippen molar-refractivity contribution in [2.45, 2.75) is 50.9 Å². The molecule has 1 aliphatic heterocycles. The first kappa shape index (κ1) is 9.86. The highest BCUT2D eigenvalue weighted by Crippen LogP contribution is 2.45. The third-order valence-electron chi connectivity index (χ3n) is 4.52. The summed E-state index contributed by atoms with van der Waals surface area (Å²) in [6.45, 7) is 5.14. The van der Waals surface area contributed by atoms with Gasteiger partial charge in [0, 0.05) is 5.92 Å². The van der Waals surface area contributed by atoms with E-state index in [1.54, 1.807) is 0 Å². The number of ether oxygens (including phenoxy) is 2. The molecule has 0 spiro atoms. The molecule has 0 radical (unpaired) electrons. The van der Waals surface area contributed by atoms with E-state index >= 15 is 0 Å². The monoisotopic (exact) mass is 208 g/mol. The van der Waals surface area contributed by atoms with Crippen molar-refractivity contribution in [1.82, 2.24) is 0 Å². The normalized spacial score (nSPS) is 52.1. The Morgan fingerprint density at radius 3 is 2.67 bits per heavy atom. The zero-order chi connectivity index (χ0) is 10.5. The molecule has 2 bridgehead atoms. The SMILES string of the molecule is CCC1(OC2CC3C=CC2C3)COC1C. The van der Waals surface area contributed by atoms with Crippen LogP contribution in [0, 0.1) is 11.8 Å². The van der Waals surface area contributed by atoms with Gasteiger partial charge in [0.1, 0.15) is 5.60 Å². The summed E-state index contributed by atoms with van der Waals surface area (Å²) >= 11 is 0. The van der Waals surface area contributed by atoms with Crippen LogP contribution < -0.4 is 0 Å². The van der Waals surface area contributed by atoms with Gasteiger partial charge in [-0.15, -0.1) is 0 Å². The number of fused-ring (bicyclic) bond motifs is 2. The van der Waals surface area contributed by atoms with E-state index < -0.39 is 0 Å². The predicted molar refractivity (Wildman–Crippen MR) is 58.7 cm³/mol. The van der Waals surface area contributed by atoms with Crippen LogP contribution >= 0.6 is 0 Å². The van der Waals surface area contributed by atoms with Gasteiger partial charge in [0.25, 0.3) is 0 Å². The molecule has 0 aromatic heterocycles. The summed E-state index contributed by atoms with van der Waals surface area (Å²) in [6, 6.07) is 0. The van der Waals surface area contributed by atoms with E-state index in [9.17, 15) is 0 Å². The molecule has 2 fully saturated rings.